The Bertz CT molecular complexity index is 1660. The van der Waals surface area contributed by atoms with Crippen LogP contribution in [-0.2, 0) is 11.8 Å². The molecule has 9 nitrogen and oxygen atoms in total. The second kappa shape index (κ2) is 10.8. The number of fused-ring (bicyclic) bond motifs is 3. The molecule has 0 radical (unpaired) electrons. The normalized spacial score (nSPS) is 14.6. The molecule has 4 aromatic rings. The molecule has 10 heteroatoms. The molecule has 0 unspecified atom stereocenters. The number of hydrogen-bond acceptors (Lipinski definition) is 5. The third kappa shape index (κ3) is 5.71. The molecule has 1 atom stereocenters. The lowest BCUT2D eigenvalue weighted by atomic mass is 9.95. The van der Waals surface area contributed by atoms with Crippen LogP contribution in [0, 0.1) is 0 Å². The first-order chi connectivity index (χ1) is 19.4. The third-order valence-electron chi connectivity index (χ3n) is 6.85. The number of nitrogens with one attached hydrogen (secondary N) is 2. The van der Waals surface area contributed by atoms with Crippen LogP contribution in [0.3, 0.4) is 0 Å². The van der Waals surface area contributed by atoms with Gasteiger partial charge in [-0.2, -0.15) is 0 Å². The summed E-state index contributed by atoms with van der Waals surface area (Å²) in [7, 11) is 1.69. The molecule has 1 aliphatic heterocycles. The van der Waals surface area contributed by atoms with E-state index in [2.05, 4.69) is 10.6 Å². The molecule has 212 valence electrons. The van der Waals surface area contributed by atoms with Gasteiger partial charge in [0.05, 0.1) is 11.4 Å². The number of ether oxygens (including phenoxy) is 1. The van der Waals surface area contributed by atoms with E-state index in [-0.39, 0.29) is 23.5 Å². The number of nitrogens with zero attached hydrogens (tertiary/aromatic N) is 2. The van der Waals surface area contributed by atoms with Crippen molar-refractivity contribution < 1.29 is 24.2 Å². The van der Waals surface area contributed by atoms with Crippen LogP contribution < -0.4 is 15.5 Å². The summed E-state index contributed by atoms with van der Waals surface area (Å²) in [5.74, 6) is -0.239. The topological polar surface area (TPSA) is 113 Å². The average Bonchev–Trinajstić information content (AvgIpc) is 3.47. The Hall–Kier alpha value is -4.50. The molecule has 5 rings (SSSR count). The van der Waals surface area contributed by atoms with E-state index in [4.69, 9.17) is 16.3 Å². The van der Waals surface area contributed by atoms with Gasteiger partial charge in [-0.15, -0.1) is 11.6 Å². The minimum atomic E-state index is -0.646. The summed E-state index contributed by atoms with van der Waals surface area (Å²) in [4.78, 5) is 40.2. The number of phenols is 1. The Kier molecular flexibility index (Phi) is 7.40. The maximum Gasteiger partial charge on any atom is 0.412 e. The summed E-state index contributed by atoms with van der Waals surface area (Å²) in [6, 6.07) is 17.3. The second-order valence-corrected chi connectivity index (χ2v) is 11.3. The van der Waals surface area contributed by atoms with Gasteiger partial charge in [-0.25, -0.2) is 4.79 Å². The molecule has 0 saturated carbocycles. The molecule has 1 aromatic heterocycles. The average molecular weight is 575 g/mol. The number of aromatic nitrogens is 1. The lowest BCUT2D eigenvalue weighted by molar-refractivity contribution is 0.0635. The van der Waals surface area contributed by atoms with Gasteiger partial charge in [-0.3, -0.25) is 14.9 Å². The smallest absolute Gasteiger partial charge is 0.412 e. The number of aryl methyl sites for hydroxylation is 1. The first kappa shape index (κ1) is 28.0. The summed E-state index contributed by atoms with van der Waals surface area (Å²) in [5, 5.41) is 17.7. The monoisotopic (exact) mass is 574 g/mol. The number of phenolic OH excluding ortho intramolecular Hbond substituents is 1. The van der Waals surface area contributed by atoms with Crippen LogP contribution >= 0.6 is 11.6 Å². The number of carbonyl (C=O) groups excluding carboxylic acids is 3. The highest BCUT2D eigenvalue weighted by Crippen LogP contribution is 2.45. The molecule has 3 N–H and O–H groups in total. The molecule has 3 aromatic carbocycles. The van der Waals surface area contributed by atoms with E-state index < -0.39 is 11.7 Å². The lowest BCUT2D eigenvalue weighted by Crippen LogP contribution is -2.30. The fourth-order valence-electron chi connectivity index (χ4n) is 5.07. The first-order valence-electron chi connectivity index (χ1n) is 13.2. The number of anilines is 3. The Morgan fingerprint density at radius 3 is 2.34 bits per heavy atom. The van der Waals surface area contributed by atoms with Crippen LogP contribution in [0.4, 0.5) is 21.9 Å². The number of alkyl halides is 1. The van der Waals surface area contributed by atoms with Crippen molar-refractivity contribution in [3.8, 4) is 5.75 Å². The number of benzene rings is 3. The first-order valence-corrected chi connectivity index (χ1v) is 13.7. The van der Waals surface area contributed by atoms with Crippen molar-refractivity contribution in [1.29, 1.82) is 0 Å². The van der Waals surface area contributed by atoms with Crippen molar-refractivity contribution >= 4 is 57.3 Å². The molecular weight excluding hydrogens is 544 g/mol. The molecule has 0 bridgehead atoms. The van der Waals surface area contributed by atoms with Gasteiger partial charge < -0.3 is 24.6 Å². The van der Waals surface area contributed by atoms with Crippen molar-refractivity contribution in [3.63, 3.8) is 0 Å². The highest BCUT2D eigenvalue weighted by Gasteiger charge is 2.34. The zero-order chi connectivity index (χ0) is 29.5. The van der Waals surface area contributed by atoms with Crippen LogP contribution in [0.2, 0.25) is 0 Å². The van der Waals surface area contributed by atoms with E-state index in [9.17, 15) is 19.5 Å². The fourth-order valence-corrected chi connectivity index (χ4v) is 5.32. The van der Waals surface area contributed by atoms with Crippen LogP contribution in [0.1, 0.15) is 53.1 Å². The number of carbonyl (C=O) groups is 3. The lowest BCUT2D eigenvalue weighted by Gasteiger charge is -2.19. The van der Waals surface area contributed by atoms with Crippen molar-refractivity contribution in [2.75, 3.05) is 28.0 Å². The van der Waals surface area contributed by atoms with E-state index in [1.807, 2.05) is 24.3 Å². The molecule has 0 saturated heterocycles. The van der Waals surface area contributed by atoms with E-state index in [1.54, 1.807) is 79.9 Å². The minimum Gasteiger partial charge on any atom is -0.507 e. The molecule has 0 spiro atoms. The Morgan fingerprint density at radius 1 is 1.00 bits per heavy atom. The second-order valence-electron chi connectivity index (χ2n) is 11.0. The van der Waals surface area contributed by atoms with E-state index in [1.165, 1.54) is 0 Å². The van der Waals surface area contributed by atoms with Gasteiger partial charge in [0.25, 0.3) is 11.8 Å². The van der Waals surface area contributed by atoms with E-state index in [0.717, 1.165) is 16.3 Å². The molecule has 41 heavy (non-hydrogen) atoms. The van der Waals surface area contributed by atoms with Gasteiger partial charge in [-0.05, 0) is 62.1 Å². The van der Waals surface area contributed by atoms with Gasteiger partial charge in [0.2, 0.25) is 0 Å². The molecule has 0 fully saturated rings. The molecule has 0 aliphatic carbocycles. The third-order valence-corrected chi connectivity index (χ3v) is 7.22. The zero-order valence-electron chi connectivity index (χ0n) is 23.2. The number of halogens is 1. The Labute approximate surface area is 242 Å². The van der Waals surface area contributed by atoms with Gasteiger partial charge >= 0.3 is 6.09 Å². The molecule has 1 aliphatic rings. The Balaban J connectivity index is 1.31. The standard InChI is InChI=1S/C31H31ClN4O5/c1-31(2,3)41-30(40)34-21-13-25(35(4)17-21)28(38)33-20-11-9-18(10-12-20)29(39)36-16-19(15-32)27-23-8-6-5-7-22(23)26(37)14-24(27)36/h5-14,17,19,37H,15-16H2,1-4H3,(H,33,38)(H,34,40)/t19-/m1/s1. The predicted octanol–water partition coefficient (Wildman–Crippen LogP) is 6.47. The summed E-state index contributed by atoms with van der Waals surface area (Å²) in [6.45, 7) is 5.70. The summed E-state index contributed by atoms with van der Waals surface area (Å²) >= 11 is 6.30. The fraction of sp³-hybridized carbons (Fsp3) is 0.258. The van der Waals surface area contributed by atoms with Crippen LogP contribution in [0.25, 0.3) is 10.8 Å². The minimum absolute atomic E-state index is 0.0698. The SMILES string of the molecule is Cn1cc(NC(=O)OC(C)(C)C)cc1C(=O)Nc1ccc(C(=O)N2C[C@@H](CCl)c3c2cc(O)c2ccccc32)cc1. The number of aromatic hydroxyl groups is 1. The molecule has 3 amide bonds. The van der Waals surface area contributed by atoms with Crippen LogP contribution in [0.15, 0.2) is 66.9 Å². The largest absolute Gasteiger partial charge is 0.507 e. The van der Waals surface area contributed by atoms with Crippen molar-refractivity contribution in [3.05, 3.63) is 83.7 Å². The maximum atomic E-state index is 13.6. The summed E-state index contributed by atoms with van der Waals surface area (Å²) < 4.78 is 6.86. The van der Waals surface area contributed by atoms with Crippen molar-refractivity contribution in [2.45, 2.75) is 32.3 Å². The summed E-state index contributed by atoms with van der Waals surface area (Å²) in [6.07, 6.45) is 1.00. The zero-order valence-corrected chi connectivity index (χ0v) is 24.0. The van der Waals surface area contributed by atoms with Gasteiger partial charge in [0.15, 0.2) is 0 Å². The van der Waals surface area contributed by atoms with Crippen molar-refractivity contribution in [1.82, 2.24) is 4.57 Å². The molecular formula is C31H31ClN4O5. The van der Waals surface area contributed by atoms with Crippen LogP contribution in [-0.4, -0.2) is 45.6 Å². The van der Waals surface area contributed by atoms with Crippen molar-refractivity contribution in [2.24, 2.45) is 7.05 Å². The molecule has 2 heterocycles. The Morgan fingerprint density at radius 2 is 1.68 bits per heavy atom. The quantitative estimate of drug-likeness (QED) is 0.237. The number of hydrogen-bond donors (Lipinski definition) is 3. The predicted molar refractivity (Wildman–Crippen MR) is 160 cm³/mol. The number of rotatable bonds is 5. The maximum absolute atomic E-state index is 13.6. The number of amides is 3. The van der Waals surface area contributed by atoms with Gasteiger partial charge in [0, 0.05) is 54.3 Å². The van der Waals surface area contributed by atoms with Crippen LogP contribution in [0.5, 0.6) is 5.75 Å². The summed E-state index contributed by atoms with van der Waals surface area (Å²) in [5.41, 5.74) is 2.63. The van der Waals surface area contributed by atoms with Gasteiger partial charge in [0.1, 0.15) is 17.0 Å². The highest BCUT2D eigenvalue weighted by molar-refractivity contribution is 6.19. The van der Waals surface area contributed by atoms with E-state index >= 15 is 0 Å². The highest BCUT2D eigenvalue weighted by atomic mass is 35.5. The van der Waals surface area contributed by atoms with Gasteiger partial charge in [-0.1, -0.05) is 24.3 Å². The van der Waals surface area contributed by atoms with E-state index in [0.29, 0.717) is 40.7 Å².